The lowest BCUT2D eigenvalue weighted by molar-refractivity contribution is -0.137. The summed E-state index contributed by atoms with van der Waals surface area (Å²) in [5, 5.41) is 17.8. The third-order valence-electron chi connectivity index (χ3n) is 6.94. The molecule has 2 rings (SSSR count). The van der Waals surface area contributed by atoms with Gasteiger partial charge in [0.15, 0.2) is 0 Å². The second-order valence-electron chi connectivity index (χ2n) is 8.46. The minimum Gasteiger partial charge on any atom is -0.481 e. The van der Waals surface area contributed by atoms with Crippen molar-refractivity contribution in [2.45, 2.75) is 81.3 Å². The molecule has 0 bridgehead atoms. The van der Waals surface area contributed by atoms with Gasteiger partial charge in [0, 0.05) is 13.1 Å². The molecule has 0 aliphatic carbocycles. The van der Waals surface area contributed by atoms with Gasteiger partial charge in [-0.25, -0.2) is 0 Å². The lowest BCUT2D eigenvalue weighted by Crippen LogP contribution is -2.12. The Morgan fingerprint density at radius 3 is 1.09 bits per heavy atom. The molecule has 2 aromatic carbocycles. The highest BCUT2D eigenvalue weighted by Crippen LogP contribution is 2.27. The summed E-state index contributed by atoms with van der Waals surface area (Å²) in [6.45, 7) is 16.9. The van der Waals surface area contributed by atoms with E-state index in [1.54, 1.807) is 0 Å². The molecular formula is C26H38N2O4. The van der Waals surface area contributed by atoms with E-state index in [9.17, 15) is 9.59 Å². The zero-order valence-electron chi connectivity index (χ0n) is 20.7. The number of carbonyl (C=O) groups is 2. The molecule has 176 valence electrons. The minimum atomic E-state index is -0.794. The van der Waals surface area contributed by atoms with Gasteiger partial charge in [0.1, 0.15) is 0 Å². The summed E-state index contributed by atoms with van der Waals surface area (Å²) in [4.78, 5) is 21.7. The second-order valence-corrected chi connectivity index (χ2v) is 8.46. The van der Waals surface area contributed by atoms with Crippen molar-refractivity contribution in [3.05, 3.63) is 66.8 Å². The van der Waals surface area contributed by atoms with Crippen molar-refractivity contribution in [1.29, 1.82) is 0 Å². The third-order valence-corrected chi connectivity index (χ3v) is 6.94. The summed E-state index contributed by atoms with van der Waals surface area (Å²) < 4.78 is 0. The van der Waals surface area contributed by atoms with Crippen LogP contribution in [0, 0.1) is 55.4 Å². The van der Waals surface area contributed by atoms with E-state index >= 15 is 0 Å². The van der Waals surface area contributed by atoms with Crippen molar-refractivity contribution in [3.8, 4) is 0 Å². The van der Waals surface area contributed by atoms with Crippen molar-refractivity contribution in [2.24, 2.45) is 11.5 Å². The Morgan fingerprint density at radius 1 is 0.500 bits per heavy atom. The predicted octanol–water partition coefficient (Wildman–Crippen LogP) is 4.01. The summed E-state index contributed by atoms with van der Waals surface area (Å²) >= 11 is 0. The monoisotopic (exact) mass is 442 g/mol. The molecule has 0 saturated heterocycles. The van der Waals surface area contributed by atoms with Gasteiger partial charge >= 0.3 is 11.9 Å². The molecule has 0 aliphatic heterocycles. The highest BCUT2D eigenvalue weighted by atomic mass is 16.4. The van der Waals surface area contributed by atoms with Crippen LogP contribution in [0.25, 0.3) is 0 Å². The van der Waals surface area contributed by atoms with E-state index in [-0.39, 0.29) is 12.8 Å². The first kappa shape index (κ1) is 27.3. The first-order chi connectivity index (χ1) is 14.8. The van der Waals surface area contributed by atoms with Gasteiger partial charge in [-0.1, -0.05) is 0 Å². The molecular weight excluding hydrogens is 404 g/mol. The van der Waals surface area contributed by atoms with Gasteiger partial charge in [0.25, 0.3) is 0 Å². The van der Waals surface area contributed by atoms with Crippen molar-refractivity contribution < 1.29 is 19.8 Å². The molecule has 0 unspecified atom stereocenters. The molecule has 6 heteroatoms. The highest BCUT2D eigenvalue weighted by molar-refractivity contribution is 5.73. The maximum atomic E-state index is 10.8. The molecule has 0 aliphatic rings. The van der Waals surface area contributed by atoms with Gasteiger partial charge in [-0.05, 0) is 122 Å². The fraction of sp³-hybridized carbons (Fsp3) is 0.462. The van der Waals surface area contributed by atoms with E-state index in [1.165, 1.54) is 5.56 Å². The van der Waals surface area contributed by atoms with E-state index < -0.39 is 11.9 Å². The summed E-state index contributed by atoms with van der Waals surface area (Å²) in [5.74, 6) is -1.58. The van der Waals surface area contributed by atoms with Crippen molar-refractivity contribution in [2.75, 3.05) is 0 Å². The smallest absolute Gasteiger partial charge is 0.307 e. The molecule has 0 spiro atoms. The Bertz CT molecular complexity index is 1010. The normalized spacial score (nSPS) is 10.6. The highest BCUT2D eigenvalue weighted by Gasteiger charge is 2.16. The largest absolute Gasteiger partial charge is 0.481 e. The summed E-state index contributed by atoms with van der Waals surface area (Å²) in [7, 11) is 0. The van der Waals surface area contributed by atoms with E-state index in [2.05, 4.69) is 0 Å². The van der Waals surface area contributed by atoms with Gasteiger partial charge in [0.2, 0.25) is 0 Å². The lowest BCUT2D eigenvalue weighted by atomic mass is 9.87. The lowest BCUT2D eigenvalue weighted by Gasteiger charge is -2.18. The Kier molecular flexibility index (Phi) is 9.61. The maximum Gasteiger partial charge on any atom is 0.307 e. The molecule has 0 saturated carbocycles. The van der Waals surface area contributed by atoms with Crippen LogP contribution in [0.5, 0.6) is 0 Å². The van der Waals surface area contributed by atoms with Gasteiger partial charge in [0.05, 0.1) is 12.8 Å². The number of nitrogens with two attached hydrogens (primary N) is 2. The van der Waals surface area contributed by atoms with Crippen LogP contribution in [0.1, 0.15) is 66.8 Å². The van der Waals surface area contributed by atoms with Crippen LogP contribution in [0.4, 0.5) is 0 Å². The SMILES string of the molecule is Cc1c(C)c(CC(=O)O)c(C)c(C)c1CN.Cc1c(C)c(CN)c(C)c(CC(=O)O)c1C. The first-order valence-electron chi connectivity index (χ1n) is 10.8. The molecule has 0 radical (unpaired) electrons. The number of carboxylic acid groups (broad SMARTS) is 2. The van der Waals surface area contributed by atoms with Crippen LogP contribution in [-0.2, 0) is 35.5 Å². The molecule has 0 aromatic heterocycles. The number of hydrogen-bond acceptors (Lipinski definition) is 4. The van der Waals surface area contributed by atoms with Crippen LogP contribution in [-0.4, -0.2) is 22.2 Å². The Morgan fingerprint density at radius 2 is 0.750 bits per heavy atom. The van der Waals surface area contributed by atoms with Crippen LogP contribution in [0.3, 0.4) is 0 Å². The van der Waals surface area contributed by atoms with Crippen LogP contribution < -0.4 is 11.5 Å². The molecule has 6 nitrogen and oxygen atoms in total. The predicted molar refractivity (Wildman–Crippen MR) is 129 cm³/mol. The van der Waals surface area contributed by atoms with Crippen molar-refractivity contribution >= 4 is 11.9 Å². The Labute approximate surface area is 191 Å². The number of aliphatic carboxylic acids is 2. The Balaban J connectivity index is 0.000000320. The van der Waals surface area contributed by atoms with Gasteiger partial charge in [-0.3, -0.25) is 9.59 Å². The number of carboxylic acids is 2. The van der Waals surface area contributed by atoms with Gasteiger partial charge in [-0.2, -0.15) is 0 Å². The Hall–Kier alpha value is -2.70. The average molecular weight is 443 g/mol. The summed E-state index contributed by atoms with van der Waals surface area (Å²) in [6, 6.07) is 0. The van der Waals surface area contributed by atoms with Crippen LogP contribution >= 0.6 is 0 Å². The van der Waals surface area contributed by atoms with Crippen LogP contribution in [0.2, 0.25) is 0 Å². The molecule has 32 heavy (non-hydrogen) atoms. The number of rotatable bonds is 6. The van der Waals surface area contributed by atoms with E-state index in [4.69, 9.17) is 21.7 Å². The quantitative estimate of drug-likeness (QED) is 0.535. The fourth-order valence-corrected chi connectivity index (χ4v) is 4.39. The molecule has 0 fully saturated rings. The number of hydrogen-bond donors (Lipinski definition) is 4. The van der Waals surface area contributed by atoms with E-state index in [1.807, 2.05) is 55.4 Å². The maximum absolute atomic E-state index is 10.8. The van der Waals surface area contributed by atoms with Crippen LogP contribution in [0.15, 0.2) is 0 Å². The molecule has 6 N–H and O–H groups in total. The van der Waals surface area contributed by atoms with Crippen molar-refractivity contribution in [1.82, 2.24) is 0 Å². The minimum absolute atomic E-state index is 0.0752. The molecule has 2 aromatic rings. The third kappa shape index (κ3) is 5.75. The van der Waals surface area contributed by atoms with Gasteiger partial charge in [-0.15, -0.1) is 0 Å². The van der Waals surface area contributed by atoms with E-state index in [0.717, 1.165) is 61.2 Å². The average Bonchev–Trinajstić information content (AvgIpc) is 2.72. The molecule has 0 amide bonds. The number of benzene rings is 2. The standard InChI is InChI=1S/2C13H19NO2/c1-7-9(3)12(6-14)10(4)8(2)11(7)5-13(15)16;1-7-8(2)11(5-13(15)16)10(4)12(6-14)9(7)3/h2*5-6,14H2,1-4H3,(H,15,16). The zero-order chi connectivity index (χ0) is 24.9. The zero-order valence-corrected chi connectivity index (χ0v) is 20.7. The topological polar surface area (TPSA) is 127 Å². The van der Waals surface area contributed by atoms with E-state index in [0.29, 0.717) is 13.1 Å². The molecule has 0 heterocycles. The summed E-state index contributed by atoms with van der Waals surface area (Å²) in [5.41, 5.74) is 24.3. The molecule has 0 atom stereocenters. The van der Waals surface area contributed by atoms with Crippen molar-refractivity contribution in [3.63, 3.8) is 0 Å². The van der Waals surface area contributed by atoms with Gasteiger partial charge < -0.3 is 21.7 Å². The first-order valence-corrected chi connectivity index (χ1v) is 10.8. The summed E-state index contributed by atoms with van der Waals surface area (Å²) in [6.07, 6.45) is 0.163. The second kappa shape index (κ2) is 11.2. The fourth-order valence-electron chi connectivity index (χ4n) is 4.39.